The number of benzene rings is 1. The molecule has 0 aliphatic carbocycles. The summed E-state index contributed by atoms with van der Waals surface area (Å²) in [6.45, 7) is 1.51. The standard InChI is InChI=1S/C11H9BrF3N3O2S/c1-4(16)9(19)18-10-17-8-6(12)2-5(3-7(8)21-10)20-11(13,14)15/h2-4H,16H2,1H3,(H,17,18,19). The minimum Gasteiger partial charge on any atom is -0.406 e. The molecule has 0 radical (unpaired) electrons. The van der Waals surface area contributed by atoms with E-state index < -0.39 is 18.3 Å². The van der Waals surface area contributed by atoms with E-state index in [2.05, 4.69) is 31.0 Å². The zero-order chi connectivity index (χ0) is 15.8. The third kappa shape index (κ3) is 4.05. The molecule has 0 saturated carbocycles. The van der Waals surface area contributed by atoms with E-state index in [4.69, 9.17) is 5.73 Å². The van der Waals surface area contributed by atoms with Crippen LogP contribution in [0, 0.1) is 0 Å². The summed E-state index contributed by atoms with van der Waals surface area (Å²) in [4.78, 5) is 15.6. The normalized spacial score (nSPS) is 13.2. The minimum absolute atomic E-state index is 0.247. The van der Waals surface area contributed by atoms with Gasteiger partial charge in [-0.05, 0) is 28.9 Å². The van der Waals surface area contributed by atoms with Crippen LogP contribution >= 0.6 is 27.3 Å². The average Bonchev–Trinajstić information content (AvgIpc) is 2.69. The van der Waals surface area contributed by atoms with Crippen LogP contribution in [0.1, 0.15) is 6.92 Å². The maximum absolute atomic E-state index is 12.2. The largest absolute Gasteiger partial charge is 0.573 e. The van der Waals surface area contributed by atoms with Gasteiger partial charge in [0, 0.05) is 10.5 Å². The first kappa shape index (κ1) is 16.0. The van der Waals surface area contributed by atoms with E-state index in [0.29, 0.717) is 14.7 Å². The van der Waals surface area contributed by atoms with Crippen LogP contribution in [0.4, 0.5) is 18.3 Å². The first-order chi connectivity index (χ1) is 9.65. The van der Waals surface area contributed by atoms with Crippen molar-refractivity contribution in [3.05, 3.63) is 16.6 Å². The Labute approximate surface area is 129 Å². The molecule has 0 spiro atoms. The second-order valence-electron chi connectivity index (χ2n) is 4.10. The van der Waals surface area contributed by atoms with Gasteiger partial charge in [0.25, 0.3) is 0 Å². The number of aromatic nitrogens is 1. The number of rotatable bonds is 3. The molecule has 21 heavy (non-hydrogen) atoms. The number of thiazole rings is 1. The zero-order valence-electron chi connectivity index (χ0n) is 10.5. The Morgan fingerprint density at radius 2 is 2.19 bits per heavy atom. The van der Waals surface area contributed by atoms with Crippen molar-refractivity contribution in [3.8, 4) is 5.75 Å². The molecule has 1 amide bonds. The van der Waals surface area contributed by atoms with Crippen molar-refractivity contribution in [1.29, 1.82) is 0 Å². The molecule has 1 unspecified atom stereocenters. The van der Waals surface area contributed by atoms with Gasteiger partial charge in [0.05, 0.1) is 16.3 Å². The van der Waals surface area contributed by atoms with Crippen molar-refractivity contribution in [1.82, 2.24) is 4.98 Å². The second kappa shape index (κ2) is 5.78. The number of ether oxygens (including phenoxy) is 1. The highest BCUT2D eigenvalue weighted by molar-refractivity contribution is 9.10. The number of fused-ring (bicyclic) bond motifs is 1. The summed E-state index contributed by atoms with van der Waals surface area (Å²) in [7, 11) is 0. The molecular weight excluding hydrogens is 375 g/mol. The number of anilines is 1. The predicted octanol–water partition coefficient (Wildman–Crippen LogP) is 3.24. The van der Waals surface area contributed by atoms with Crippen molar-refractivity contribution in [3.63, 3.8) is 0 Å². The Hall–Kier alpha value is -1.39. The Kier molecular flexibility index (Phi) is 4.40. The summed E-state index contributed by atoms with van der Waals surface area (Å²) >= 11 is 4.14. The smallest absolute Gasteiger partial charge is 0.406 e. The zero-order valence-corrected chi connectivity index (χ0v) is 12.9. The number of nitrogens with one attached hydrogen (secondary N) is 1. The van der Waals surface area contributed by atoms with Crippen LogP contribution in [-0.4, -0.2) is 23.3 Å². The first-order valence-corrected chi connectivity index (χ1v) is 7.19. The molecule has 0 bridgehead atoms. The van der Waals surface area contributed by atoms with E-state index in [9.17, 15) is 18.0 Å². The Bertz CT molecular complexity index is 687. The van der Waals surface area contributed by atoms with Crippen LogP contribution in [0.15, 0.2) is 16.6 Å². The fourth-order valence-corrected chi connectivity index (χ4v) is 3.01. The topological polar surface area (TPSA) is 77.2 Å². The van der Waals surface area contributed by atoms with E-state index in [-0.39, 0.29) is 10.9 Å². The van der Waals surface area contributed by atoms with E-state index in [1.54, 1.807) is 0 Å². The van der Waals surface area contributed by atoms with Crippen molar-refractivity contribution < 1.29 is 22.7 Å². The lowest BCUT2D eigenvalue weighted by atomic mass is 10.3. The SMILES string of the molecule is CC(N)C(=O)Nc1nc2c(Br)cc(OC(F)(F)F)cc2s1. The fourth-order valence-electron chi connectivity index (χ4n) is 1.43. The molecule has 1 aromatic carbocycles. The second-order valence-corrected chi connectivity index (χ2v) is 5.98. The van der Waals surface area contributed by atoms with Gasteiger partial charge in [0.15, 0.2) is 5.13 Å². The van der Waals surface area contributed by atoms with Gasteiger partial charge in [-0.1, -0.05) is 11.3 Å². The molecule has 2 rings (SSSR count). The number of amides is 1. The third-order valence-electron chi connectivity index (χ3n) is 2.30. The van der Waals surface area contributed by atoms with Gasteiger partial charge in [-0.2, -0.15) is 0 Å². The van der Waals surface area contributed by atoms with Gasteiger partial charge < -0.3 is 15.8 Å². The highest BCUT2D eigenvalue weighted by Crippen LogP contribution is 2.36. The molecule has 0 fully saturated rings. The summed E-state index contributed by atoms with van der Waals surface area (Å²) in [6.07, 6.45) is -4.77. The summed E-state index contributed by atoms with van der Waals surface area (Å²) < 4.78 is 41.3. The summed E-state index contributed by atoms with van der Waals surface area (Å²) in [6, 6.07) is 1.64. The predicted molar refractivity (Wildman–Crippen MR) is 76.3 cm³/mol. The van der Waals surface area contributed by atoms with Gasteiger partial charge in [-0.3, -0.25) is 4.79 Å². The van der Waals surface area contributed by atoms with E-state index in [1.165, 1.54) is 13.0 Å². The van der Waals surface area contributed by atoms with Crippen LogP contribution in [0.25, 0.3) is 10.2 Å². The van der Waals surface area contributed by atoms with Crippen molar-refractivity contribution in [2.75, 3.05) is 5.32 Å². The molecule has 2 aromatic rings. The summed E-state index contributed by atoms with van der Waals surface area (Å²) in [5, 5.41) is 2.73. The molecule has 0 aliphatic heterocycles. The molecule has 0 saturated heterocycles. The van der Waals surface area contributed by atoms with Gasteiger partial charge in [0.2, 0.25) is 5.91 Å². The molecule has 1 aromatic heterocycles. The van der Waals surface area contributed by atoms with Crippen LogP contribution in [0.3, 0.4) is 0 Å². The van der Waals surface area contributed by atoms with Gasteiger partial charge in [0.1, 0.15) is 5.75 Å². The third-order valence-corrected chi connectivity index (χ3v) is 3.82. The lowest BCUT2D eigenvalue weighted by Crippen LogP contribution is -2.32. The minimum atomic E-state index is -4.77. The molecule has 0 aliphatic rings. The number of hydrogen-bond donors (Lipinski definition) is 2. The quantitative estimate of drug-likeness (QED) is 0.852. The first-order valence-electron chi connectivity index (χ1n) is 5.58. The van der Waals surface area contributed by atoms with Gasteiger partial charge in [-0.15, -0.1) is 13.2 Å². The van der Waals surface area contributed by atoms with Crippen molar-refractivity contribution in [2.45, 2.75) is 19.3 Å². The highest BCUT2D eigenvalue weighted by Gasteiger charge is 2.31. The lowest BCUT2D eigenvalue weighted by molar-refractivity contribution is -0.274. The monoisotopic (exact) mass is 383 g/mol. The molecule has 114 valence electrons. The number of hydrogen-bond acceptors (Lipinski definition) is 5. The molecule has 1 atom stereocenters. The van der Waals surface area contributed by atoms with E-state index in [1.807, 2.05) is 0 Å². The van der Waals surface area contributed by atoms with Crippen molar-refractivity contribution >= 4 is 48.5 Å². The molecule has 3 N–H and O–H groups in total. The maximum atomic E-state index is 12.2. The number of halogens is 4. The van der Waals surface area contributed by atoms with Gasteiger partial charge in [-0.25, -0.2) is 4.98 Å². The number of carbonyl (C=O) groups is 1. The van der Waals surface area contributed by atoms with Gasteiger partial charge >= 0.3 is 6.36 Å². The number of alkyl halides is 3. The van der Waals surface area contributed by atoms with Crippen LogP contribution in [0.5, 0.6) is 5.75 Å². The average molecular weight is 384 g/mol. The molecule has 10 heteroatoms. The fraction of sp³-hybridized carbons (Fsp3) is 0.273. The molecular formula is C11H9BrF3N3O2S. The highest BCUT2D eigenvalue weighted by atomic mass is 79.9. The molecule has 5 nitrogen and oxygen atoms in total. The van der Waals surface area contributed by atoms with E-state index >= 15 is 0 Å². The number of carbonyl (C=O) groups excluding carboxylic acids is 1. The summed E-state index contributed by atoms with van der Waals surface area (Å²) in [5.74, 6) is -0.799. The Balaban J connectivity index is 2.34. The van der Waals surface area contributed by atoms with Crippen LogP contribution in [-0.2, 0) is 4.79 Å². The van der Waals surface area contributed by atoms with E-state index in [0.717, 1.165) is 17.4 Å². The summed E-state index contributed by atoms with van der Waals surface area (Å²) in [5.41, 5.74) is 5.84. The maximum Gasteiger partial charge on any atom is 0.573 e. The van der Waals surface area contributed by atoms with Crippen LogP contribution < -0.4 is 15.8 Å². The molecule has 1 heterocycles. The Morgan fingerprint density at radius 3 is 2.76 bits per heavy atom. The van der Waals surface area contributed by atoms with Crippen molar-refractivity contribution in [2.24, 2.45) is 5.73 Å². The number of nitrogens with zero attached hydrogens (tertiary/aromatic N) is 1. The lowest BCUT2D eigenvalue weighted by Gasteiger charge is -2.08. The Morgan fingerprint density at radius 1 is 1.52 bits per heavy atom. The number of nitrogens with two attached hydrogens (primary N) is 1. The van der Waals surface area contributed by atoms with Crippen LogP contribution in [0.2, 0.25) is 0 Å².